The van der Waals surface area contributed by atoms with E-state index in [2.05, 4.69) is 88.4 Å². The van der Waals surface area contributed by atoms with E-state index in [9.17, 15) is 14.4 Å². The number of nitrogens with one attached hydrogen (secondary N) is 1. The van der Waals surface area contributed by atoms with Crippen molar-refractivity contribution in [2.24, 2.45) is 15.5 Å². The zero-order valence-electron chi connectivity index (χ0n) is 34.8. The number of hydrogen-bond donors (Lipinski definition) is 3. The molecular weight excluding hydrogens is 747 g/mol. The summed E-state index contributed by atoms with van der Waals surface area (Å²) in [7, 11) is 0. The molecule has 1 unspecified atom stereocenters. The average Bonchev–Trinajstić information content (AvgIpc) is 3.75. The Morgan fingerprint density at radius 1 is 0.828 bits per heavy atom. The molecule has 58 heavy (non-hydrogen) atoms. The molecule has 6 rings (SSSR count). The maximum Gasteiger partial charge on any atom is 0.316 e. The number of unbranched alkanes of at least 4 members (excludes halogenated alkanes) is 2. The highest BCUT2D eigenvalue weighted by molar-refractivity contribution is 7.81. The summed E-state index contributed by atoms with van der Waals surface area (Å²) in [5, 5.41) is 28.6. The van der Waals surface area contributed by atoms with E-state index in [1.807, 2.05) is 48.5 Å². The smallest absolute Gasteiger partial charge is 0.316 e. The molecule has 0 saturated heterocycles. The minimum absolute atomic E-state index is 0.176. The average molecular weight is 804 g/mol. The van der Waals surface area contributed by atoms with Crippen molar-refractivity contribution in [2.45, 2.75) is 86.0 Å². The molecule has 11 nitrogen and oxygen atoms in total. The molecule has 0 bridgehead atoms. The highest BCUT2D eigenvalue weighted by Gasteiger charge is 2.35. The number of para-hydroxylation sites is 1. The Balaban J connectivity index is 1.25. The summed E-state index contributed by atoms with van der Waals surface area (Å²) in [6.07, 6.45) is 3.96. The minimum atomic E-state index is -1.74. The van der Waals surface area contributed by atoms with Crippen molar-refractivity contribution in [3.8, 4) is 17.1 Å². The Morgan fingerprint density at radius 2 is 1.52 bits per heavy atom. The van der Waals surface area contributed by atoms with Crippen LogP contribution in [-0.2, 0) is 23.1 Å². The van der Waals surface area contributed by atoms with E-state index in [1.165, 1.54) is 0 Å². The molecule has 0 amide bonds. The molecule has 3 N–H and O–H groups in total. The van der Waals surface area contributed by atoms with Gasteiger partial charge in [0.25, 0.3) is 0 Å². The number of aromatic nitrogens is 3. The highest BCUT2D eigenvalue weighted by atomic mass is 32.2. The molecule has 2 heterocycles. The fraction of sp³-hybridized carbons (Fsp3) is 0.391. The zero-order valence-corrected chi connectivity index (χ0v) is 35.6. The summed E-state index contributed by atoms with van der Waals surface area (Å²) in [5.41, 5.74) is 9.05. The number of benzene rings is 4. The topological polar surface area (TPSA) is 137 Å². The van der Waals surface area contributed by atoms with Crippen LogP contribution in [0.3, 0.4) is 0 Å². The van der Waals surface area contributed by atoms with Crippen LogP contribution in [0, 0.1) is 12.3 Å². The zero-order chi connectivity index (χ0) is 41.5. The summed E-state index contributed by atoms with van der Waals surface area (Å²) < 4.78 is 21.1. The molecule has 4 aromatic carbocycles. The fourth-order valence-electron chi connectivity index (χ4n) is 6.84. The minimum Gasteiger partial charge on any atom is -0.396 e. The molecule has 0 spiro atoms. The van der Waals surface area contributed by atoms with Gasteiger partial charge in [-0.25, -0.2) is 9.98 Å². The van der Waals surface area contributed by atoms with Gasteiger partial charge in [0.1, 0.15) is 11.5 Å². The monoisotopic (exact) mass is 803 g/mol. The first-order valence-electron chi connectivity index (χ1n) is 20.1. The van der Waals surface area contributed by atoms with Gasteiger partial charge >= 0.3 is 11.3 Å². The Kier molecular flexibility index (Phi) is 13.6. The molecular formula is C46H57N7O4S. The van der Waals surface area contributed by atoms with Gasteiger partial charge in [-0.2, -0.15) is 9.31 Å². The first-order valence-corrected chi connectivity index (χ1v) is 21.2. The third-order valence-electron chi connectivity index (χ3n) is 10.1. The first-order chi connectivity index (χ1) is 27.7. The summed E-state index contributed by atoms with van der Waals surface area (Å²) in [5.74, 6) is 1.71. The summed E-state index contributed by atoms with van der Waals surface area (Å²) in [6.45, 7) is 17.1. The number of hydrogen-bond acceptors (Lipinski definition) is 9. The first kappa shape index (κ1) is 42.4. The lowest BCUT2D eigenvalue weighted by molar-refractivity contribution is 0.282. The van der Waals surface area contributed by atoms with E-state index in [1.54, 1.807) is 16.9 Å². The summed E-state index contributed by atoms with van der Waals surface area (Å²) in [4.78, 5) is 14.3. The molecule has 12 heteroatoms. The molecule has 1 atom stereocenters. The Hall–Kier alpha value is -5.17. The third kappa shape index (κ3) is 10.7. The van der Waals surface area contributed by atoms with Crippen molar-refractivity contribution in [3.63, 3.8) is 0 Å². The normalized spacial score (nSPS) is 14.0. The molecule has 0 radical (unpaired) electrons. The van der Waals surface area contributed by atoms with Crippen molar-refractivity contribution in [2.75, 3.05) is 35.9 Å². The van der Waals surface area contributed by atoms with Gasteiger partial charge in [0, 0.05) is 48.7 Å². The highest BCUT2D eigenvalue weighted by Crippen LogP contribution is 2.37. The molecule has 5 aromatic rings. The lowest BCUT2D eigenvalue weighted by atomic mass is 9.84. The maximum atomic E-state index is 12.6. The van der Waals surface area contributed by atoms with E-state index in [0.29, 0.717) is 35.2 Å². The fourth-order valence-corrected chi connectivity index (χ4v) is 7.48. The Morgan fingerprint density at radius 3 is 2.16 bits per heavy atom. The second-order valence-corrected chi connectivity index (χ2v) is 17.7. The van der Waals surface area contributed by atoms with Crippen LogP contribution in [0.4, 0.5) is 17.1 Å². The van der Waals surface area contributed by atoms with Crippen LogP contribution in [0.1, 0.15) is 95.3 Å². The number of aryl methyl sites for hydroxylation is 1. The van der Waals surface area contributed by atoms with Gasteiger partial charge in [0.2, 0.25) is 5.82 Å². The van der Waals surface area contributed by atoms with E-state index in [4.69, 9.17) is 24.4 Å². The van der Waals surface area contributed by atoms with Crippen molar-refractivity contribution in [1.82, 2.24) is 14.9 Å². The predicted octanol–water partition coefficient (Wildman–Crippen LogP) is 8.95. The van der Waals surface area contributed by atoms with E-state index < -0.39 is 11.3 Å². The predicted molar refractivity (Wildman–Crippen MR) is 237 cm³/mol. The number of aliphatic imine (C=N–C) groups is 1. The number of aliphatic hydroxyl groups excluding tert-OH is 2. The maximum absolute atomic E-state index is 12.6. The van der Waals surface area contributed by atoms with E-state index in [-0.39, 0.29) is 24.0 Å². The molecule has 1 aliphatic heterocycles. The van der Waals surface area contributed by atoms with Crippen LogP contribution >= 0.6 is 0 Å². The van der Waals surface area contributed by atoms with Crippen LogP contribution in [0.2, 0.25) is 0 Å². The lowest BCUT2D eigenvalue weighted by Gasteiger charge is -2.29. The summed E-state index contributed by atoms with van der Waals surface area (Å²) in [6, 6.07) is 29.7. The Bertz CT molecular complexity index is 2240. The quantitative estimate of drug-likeness (QED) is 0.0799. The van der Waals surface area contributed by atoms with E-state index >= 15 is 0 Å². The van der Waals surface area contributed by atoms with Gasteiger partial charge in [0.05, 0.1) is 11.4 Å². The van der Waals surface area contributed by atoms with Gasteiger partial charge in [-0.1, -0.05) is 90.1 Å². The van der Waals surface area contributed by atoms with E-state index in [0.717, 1.165) is 83.7 Å². The van der Waals surface area contributed by atoms with Crippen molar-refractivity contribution in [3.05, 3.63) is 119 Å². The lowest BCUT2D eigenvalue weighted by Crippen LogP contribution is -2.28. The van der Waals surface area contributed by atoms with Gasteiger partial charge in [-0.05, 0) is 109 Å². The molecule has 1 aromatic heterocycles. The molecule has 306 valence electrons. The number of aliphatic hydroxyl groups is 2. The third-order valence-corrected chi connectivity index (χ3v) is 10.8. The number of rotatable bonds is 17. The van der Waals surface area contributed by atoms with Gasteiger partial charge < -0.3 is 19.3 Å². The van der Waals surface area contributed by atoms with Crippen molar-refractivity contribution >= 4 is 39.8 Å². The summed E-state index contributed by atoms with van der Waals surface area (Å²) >= 11 is -1.74. The molecule has 0 saturated carbocycles. The standard InChI is InChI=1S/C46H57N7O4S/c1-32-17-22-36(51-58(56)57-38-15-9-8-10-16-38)30-35(32)29-33-18-20-34(21-19-33)43-48-44-41(42(46(5,6)7)49-53(44)50-43)47-40-24-23-37(31-39(40)45(2,3)4)52(25-11-13-27-54)26-12-14-28-55/h8-10,15-24,30-31,51,54-55H,11-14,25-29H2,1-7H3. The largest absolute Gasteiger partial charge is 0.396 e. The van der Waals surface area contributed by atoms with Gasteiger partial charge in [-0.15, -0.1) is 9.89 Å². The SMILES string of the molecule is Cc1ccc(NS(=O)Oc2ccccc2)cc1Cc1ccc(-c2nc3n(n2)N=C(C(C)(C)C)C3=Nc2ccc(N(CCCCO)CCCCO)cc2C(C)(C)C)cc1. The van der Waals surface area contributed by atoms with Crippen LogP contribution < -0.4 is 13.8 Å². The van der Waals surface area contributed by atoms with Crippen LogP contribution in [0.15, 0.2) is 101 Å². The van der Waals surface area contributed by atoms with Crippen LogP contribution in [-0.4, -0.2) is 67.0 Å². The molecule has 0 fully saturated rings. The second-order valence-electron chi connectivity index (χ2n) is 16.9. The van der Waals surface area contributed by atoms with Gasteiger partial charge in [0.15, 0.2) is 5.82 Å². The van der Waals surface area contributed by atoms with Crippen LogP contribution in [0.5, 0.6) is 5.75 Å². The second kappa shape index (κ2) is 18.6. The molecule has 0 aliphatic carbocycles. The van der Waals surface area contributed by atoms with Crippen molar-refractivity contribution in [1.29, 1.82) is 0 Å². The van der Waals surface area contributed by atoms with Crippen molar-refractivity contribution < 1.29 is 18.6 Å². The Labute approximate surface area is 345 Å². The van der Waals surface area contributed by atoms with Gasteiger partial charge in [-0.3, -0.25) is 4.72 Å². The number of fused-ring (bicyclic) bond motifs is 1. The molecule has 1 aliphatic rings. The number of anilines is 2. The number of nitrogens with zero attached hydrogens (tertiary/aromatic N) is 6. The van der Waals surface area contributed by atoms with Crippen LogP contribution in [0.25, 0.3) is 11.4 Å².